The SMILES string of the molecule is CC1(C)c2cc(-c3cccc(-c4ccc(-c5cccc6ccccc56)c5c(-c6cccc7ccccc67)cccc45)c3)ccc2-c2cc3c4cc(-c5cccc(-c6ccc(-c7cccc8ccccc78)c7c(-c8cccc9ccccc89)cccc67)c5)ccc4n(-c4nc(-c5ccccc5)nc(-c5ccccc5)n4)c3cc21. The highest BCUT2D eigenvalue weighted by atomic mass is 15.2. The molecule has 0 bridgehead atoms. The number of rotatable bonds is 11. The summed E-state index contributed by atoms with van der Waals surface area (Å²) in [5, 5.41) is 17.0. The van der Waals surface area contributed by atoms with Gasteiger partial charge in [0.25, 0.3) is 0 Å². The molecule has 0 aliphatic heterocycles. The van der Waals surface area contributed by atoms with Crippen LogP contribution in [0.15, 0.2) is 388 Å². The van der Waals surface area contributed by atoms with Gasteiger partial charge >= 0.3 is 0 Å². The predicted octanol–water partition coefficient (Wildman–Crippen LogP) is 28.9. The summed E-state index contributed by atoms with van der Waals surface area (Å²) in [5.41, 5.74) is 27.5. The average Bonchev–Trinajstić information content (AvgIpc) is 1.54. The Morgan fingerprint density at radius 3 is 1.01 bits per heavy atom. The predicted molar refractivity (Wildman–Crippen MR) is 471 cm³/mol. The van der Waals surface area contributed by atoms with E-state index in [4.69, 9.17) is 15.0 Å². The third-order valence-electron chi connectivity index (χ3n) is 23.9. The van der Waals surface area contributed by atoms with Crippen LogP contribution in [0.2, 0.25) is 0 Å². The van der Waals surface area contributed by atoms with Crippen LogP contribution in [-0.4, -0.2) is 19.5 Å². The molecule has 1 aliphatic carbocycles. The van der Waals surface area contributed by atoms with Crippen LogP contribution in [-0.2, 0) is 5.41 Å². The number of hydrogen-bond acceptors (Lipinski definition) is 3. The molecule has 0 radical (unpaired) electrons. The summed E-state index contributed by atoms with van der Waals surface area (Å²) in [6, 6.07) is 143. The average molecular weight is 1420 g/mol. The highest BCUT2D eigenvalue weighted by Gasteiger charge is 2.37. The van der Waals surface area contributed by atoms with Crippen LogP contribution in [0.1, 0.15) is 25.0 Å². The van der Waals surface area contributed by atoms with Gasteiger partial charge < -0.3 is 0 Å². The van der Waals surface area contributed by atoms with Gasteiger partial charge in [0, 0.05) is 27.3 Å². The fourth-order valence-corrected chi connectivity index (χ4v) is 18.5. The quantitative estimate of drug-likeness (QED) is 0.130. The van der Waals surface area contributed by atoms with Crippen molar-refractivity contribution in [3.8, 4) is 129 Å². The molecule has 522 valence electrons. The fourth-order valence-electron chi connectivity index (χ4n) is 18.5. The van der Waals surface area contributed by atoms with Crippen LogP contribution in [0.3, 0.4) is 0 Å². The summed E-state index contributed by atoms with van der Waals surface area (Å²) >= 11 is 0. The van der Waals surface area contributed by atoms with E-state index in [9.17, 15) is 0 Å². The van der Waals surface area contributed by atoms with Crippen molar-refractivity contribution >= 4 is 86.4 Å². The van der Waals surface area contributed by atoms with E-state index in [1.165, 1.54) is 154 Å². The Balaban J connectivity index is 0.699. The van der Waals surface area contributed by atoms with Crippen LogP contribution < -0.4 is 0 Å². The summed E-state index contributed by atoms with van der Waals surface area (Å²) in [6.45, 7) is 4.79. The summed E-state index contributed by atoms with van der Waals surface area (Å²) in [5.74, 6) is 1.77. The van der Waals surface area contributed by atoms with Gasteiger partial charge in [-0.2, -0.15) is 9.97 Å². The summed E-state index contributed by atoms with van der Waals surface area (Å²) in [4.78, 5) is 16.1. The van der Waals surface area contributed by atoms with Crippen molar-refractivity contribution in [2.45, 2.75) is 19.3 Å². The molecule has 22 rings (SSSR count). The van der Waals surface area contributed by atoms with Gasteiger partial charge in [0.2, 0.25) is 5.95 Å². The Hall–Kier alpha value is -14.5. The lowest BCUT2D eigenvalue weighted by Crippen LogP contribution is -2.15. The van der Waals surface area contributed by atoms with Crippen molar-refractivity contribution in [1.82, 2.24) is 19.5 Å². The lowest BCUT2D eigenvalue weighted by atomic mass is 9.81. The van der Waals surface area contributed by atoms with E-state index < -0.39 is 5.41 Å². The van der Waals surface area contributed by atoms with Gasteiger partial charge in [-0.05, 0) is 218 Å². The molecular weight excluding hydrogens is 1350 g/mol. The van der Waals surface area contributed by atoms with Gasteiger partial charge in [0.05, 0.1) is 11.0 Å². The van der Waals surface area contributed by atoms with E-state index in [1.54, 1.807) is 0 Å². The van der Waals surface area contributed by atoms with Crippen LogP contribution in [0.4, 0.5) is 0 Å². The second kappa shape index (κ2) is 25.9. The molecule has 4 nitrogen and oxygen atoms in total. The molecule has 0 N–H and O–H groups in total. The van der Waals surface area contributed by atoms with E-state index in [0.717, 1.165) is 55.2 Å². The first kappa shape index (κ1) is 64.7. The molecular formula is C108H70N4. The molecule has 0 saturated carbocycles. The number of hydrogen-bond donors (Lipinski definition) is 0. The van der Waals surface area contributed by atoms with Crippen molar-refractivity contribution < 1.29 is 0 Å². The maximum Gasteiger partial charge on any atom is 0.238 e. The largest absolute Gasteiger partial charge is 0.278 e. The van der Waals surface area contributed by atoms with Crippen molar-refractivity contribution in [1.29, 1.82) is 0 Å². The molecule has 0 spiro atoms. The van der Waals surface area contributed by atoms with E-state index in [2.05, 4.69) is 370 Å². The molecule has 21 aromatic rings. The molecule has 0 atom stereocenters. The molecule has 2 aromatic heterocycles. The first-order valence-electron chi connectivity index (χ1n) is 38.7. The number of aromatic nitrogens is 4. The summed E-state index contributed by atoms with van der Waals surface area (Å²) in [6.07, 6.45) is 0. The Morgan fingerprint density at radius 1 is 0.196 bits per heavy atom. The minimum absolute atomic E-state index is 0.401. The van der Waals surface area contributed by atoms with E-state index in [1.807, 2.05) is 36.4 Å². The van der Waals surface area contributed by atoms with Crippen molar-refractivity contribution in [3.63, 3.8) is 0 Å². The Kier molecular flexibility index (Phi) is 15.0. The van der Waals surface area contributed by atoms with Crippen LogP contribution in [0.25, 0.3) is 215 Å². The minimum Gasteiger partial charge on any atom is -0.278 e. The third-order valence-corrected chi connectivity index (χ3v) is 23.9. The van der Waals surface area contributed by atoms with Crippen molar-refractivity contribution in [2.75, 3.05) is 0 Å². The summed E-state index contributed by atoms with van der Waals surface area (Å²) < 4.78 is 2.29. The number of nitrogens with zero attached hydrogens (tertiary/aromatic N) is 4. The van der Waals surface area contributed by atoms with Crippen LogP contribution >= 0.6 is 0 Å². The van der Waals surface area contributed by atoms with E-state index in [0.29, 0.717) is 17.6 Å². The Labute approximate surface area is 649 Å². The second-order valence-corrected chi connectivity index (χ2v) is 30.4. The maximum absolute atomic E-state index is 5.46. The van der Waals surface area contributed by atoms with Gasteiger partial charge in [-0.15, -0.1) is 0 Å². The van der Waals surface area contributed by atoms with Gasteiger partial charge in [-0.25, -0.2) is 4.98 Å². The number of benzene rings is 19. The molecule has 2 heterocycles. The monoisotopic (exact) mass is 1420 g/mol. The third kappa shape index (κ3) is 10.5. The molecule has 112 heavy (non-hydrogen) atoms. The lowest BCUT2D eigenvalue weighted by molar-refractivity contribution is 0.661. The zero-order valence-corrected chi connectivity index (χ0v) is 61.7. The highest BCUT2D eigenvalue weighted by molar-refractivity contribution is 6.20. The minimum atomic E-state index is -0.401. The van der Waals surface area contributed by atoms with Gasteiger partial charge in [0.1, 0.15) is 0 Å². The summed E-state index contributed by atoms with van der Waals surface area (Å²) in [7, 11) is 0. The van der Waals surface area contributed by atoms with Gasteiger partial charge in [0.15, 0.2) is 11.6 Å². The second-order valence-electron chi connectivity index (χ2n) is 30.4. The number of fused-ring (bicyclic) bond motifs is 12. The molecule has 1 aliphatic rings. The van der Waals surface area contributed by atoms with Crippen LogP contribution in [0.5, 0.6) is 0 Å². The van der Waals surface area contributed by atoms with Gasteiger partial charge in [-0.3, -0.25) is 4.57 Å². The molecule has 0 fully saturated rings. The lowest BCUT2D eigenvalue weighted by Gasteiger charge is -2.22. The van der Waals surface area contributed by atoms with Gasteiger partial charge in [-0.1, -0.05) is 360 Å². The smallest absolute Gasteiger partial charge is 0.238 e. The first-order chi connectivity index (χ1) is 55.3. The zero-order valence-electron chi connectivity index (χ0n) is 61.7. The molecule has 0 unspecified atom stereocenters. The van der Waals surface area contributed by atoms with E-state index in [-0.39, 0.29) is 0 Å². The molecule has 0 amide bonds. The van der Waals surface area contributed by atoms with Crippen LogP contribution in [0, 0.1) is 0 Å². The fraction of sp³-hybridized carbons (Fsp3) is 0.0278. The Bertz CT molecular complexity index is 7220. The van der Waals surface area contributed by atoms with Crippen molar-refractivity contribution in [3.05, 3.63) is 399 Å². The van der Waals surface area contributed by atoms with E-state index >= 15 is 0 Å². The first-order valence-corrected chi connectivity index (χ1v) is 38.7. The normalized spacial score (nSPS) is 12.4. The molecule has 19 aromatic carbocycles. The van der Waals surface area contributed by atoms with Crippen molar-refractivity contribution in [2.24, 2.45) is 0 Å². The zero-order chi connectivity index (χ0) is 74.1. The highest BCUT2D eigenvalue weighted by Crippen LogP contribution is 2.54. The molecule has 0 saturated heterocycles. The topological polar surface area (TPSA) is 43.6 Å². The maximum atomic E-state index is 5.46. The standard InChI is InChI=1S/C108H70N4/c1-108(2)99-64-76(74-38-18-40-78(62-74)84-57-59-95(88-48-22-36-70-28-12-16-44-82(70)88)104-91(84)50-24-52-93(104)86-46-20-34-68-26-10-14-42-80(68)86)53-55-89(99)96-65-98-97-63-75(54-60-101(97)112(102(98)66-100(96)108)107-110-105(71-29-5-3-6-30-71)109-106(111-107)72-31-7-4-8-32-72)73-37-17-39-77(61-73)83-56-58-94(87-47-21-35-69-27-11-15-43-81(69)87)103-90(83)49-23-51-92(103)85-45-19-33-67-25-9-13-41-79(67)85/h3-66H,1-2H3. The Morgan fingerprint density at radius 2 is 0.527 bits per heavy atom. The molecule has 4 heteroatoms.